The van der Waals surface area contributed by atoms with Crippen LogP contribution in [-0.4, -0.2) is 41.9 Å². The Balaban J connectivity index is 3.12. The molecular formula is C15H18F6O4. The minimum atomic E-state index is -5.87. The first-order valence-corrected chi connectivity index (χ1v) is 7.50. The number of carbonyl (C=O) groups is 2. The number of hydrogen-bond donors (Lipinski definition) is 0. The number of ether oxygens (including phenoxy) is 2. The summed E-state index contributed by atoms with van der Waals surface area (Å²) < 4.78 is 90.5. The molecule has 0 bridgehead atoms. The molecule has 1 saturated carbocycles. The lowest BCUT2D eigenvalue weighted by molar-refractivity contribution is -0.287. The average molecular weight is 376 g/mol. The largest absolute Gasteiger partial charge is 0.451 e. The summed E-state index contributed by atoms with van der Waals surface area (Å²) in [5.41, 5.74) is -0.470. The van der Waals surface area contributed by atoms with Crippen LogP contribution < -0.4 is 0 Å². The molecule has 0 aromatic carbocycles. The molecule has 144 valence electrons. The van der Waals surface area contributed by atoms with Gasteiger partial charge in [0.2, 0.25) is 12.2 Å². The molecule has 25 heavy (non-hydrogen) atoms. The van der Waals surface area contributed by atoms with Crippen LogP contribution in [0.15, 0.2) is 12.2 Å². The van der Waals surface area contributed by atoms with Gasteiger partial charge in [-0.2, -0.15) is 26.3 Å². The maximum Gasteiger partial charge on any atom is 0.379 e. The van der Waals surface area contributed by atoms with Crippen LogP contribution in [0.4, 0.5) is 26.3 Å². The lowest BCUT2D eigenvalue weighted by Crippen LogP contribution is -2.50. The Morgan fingerprint density at radius 2 is 1.44 bits per heavy atom. The van der Waals surface area contributed by atoms with Crippen molar-refractivity contribution >= 4 is 11.9 Å². The Kier molecular flexibility index (Phi) is 6.18. The van der Waals surface area contributed by atoms with Crippen LogP contribution in [0.3, 0.4) is 0 Å². The number of hydrogen-bond acceptors (Lipinski definition) is 4. The summed E-state index contributed by atoms with van der Waals surface area (Å²) in [6, 6.07) is 0. The lowest BCUT2D eigenvalue weighted by atomic mass is 10.2. The fourth-order valence-electron chi connectivity index (χ4n) is 2.17. The Morgan fingerprint density at radius 1 is 0.960 bits per heavy atom. The smallest absolute Gasteiger partial charge is 0.379 e. The fourth-order valence-corrected chi connectivity index (χ4v) is 2.17. The van der Waals surface area contributed by atoms with Crippen LogP contribution in [-0.2, 0) is 19.1 Å². The molecule has 2 atom stereocenters. The van der Waals surface area contributed by atoms with Crippen LogP contribution in [0.25, 0.3) is 0 Å². The first-order chi connectivity index (χ1) is 11.3. The molecule has 0 aromatic rings. The molecule has 1 fully saturated rings. The topological polar surface area (TPSA) is 52.6 Å². The minimum Gasteiger partial charge on any atom is -0.451 e. The molecule has 0 heterocycles. The molecular weight excluding hydrogens is 358 g/mol. The predicted molar refractivity (Wildman–Crippen MR) is 73.6 cm³/mol. The number of alkyl halides is 6. The normalized spacial score (nSPS) is 26.1. The zero-order chi connectivity index (χ0) is 19.6. The molecule has 0 spiro atoms. The van der Waals surface area contributed by atoms with Crippen molar-refractivity contribution in [3.63, 3.8) is 0 Å². The van der Waals surface area contributed by atoms with Gasteiger partial charge in [0.1, 0.15) is 0 Å². The summed E-state index contributed by atoms with van der Waals surface area (Å²) >= 11 is 0. The zero-order valence-corrected chi connectivity index (χ0v) is 13.6. The van der Waals surface area contributed by atoms with E-state index < -0.39 is 53.9 Å². The molecule has 0 unspecified atom stereocenters. The van der Waals surface area contributed by atoms with Crippen molar-refractivity contribution in [2.45, 2.75) is 69.5 Å². The number of unbranched alkanes of at least 4 members (excludes halogenated alkanes) is 2. The van der Waals surface area contributed by atoms with Gasteiger partial charge in [-0.05, 0) is 13.3 Å². The standard InChI is InChI=1S/C15H18F6O4/c1-4-5-6-7-9(22)24-10-11(25-12(23)8(2)3)14(18,19)15(20,21)13(10,16)17/h10-11H,2,4-7H2,1,3H3/t10-,11+/m1/s1. The number of esters is 2. The molecule has 0 aromatic heterocycles. The van der Waals surface area contributed by atoms with Crippen LogP contribution in [0.1, 0.15) is 39.5 Å². The first kappa shape index (κ1) is 21.3. The lowest BCUT2D eigenvalue weighted by Gasteiger charge is -2.24. The third kappa shape index (κ3) is 3.77. The molecule has 0 aliphatic heterocycles. The van der Waals surface area contributed by atoms with E-state index in [1.165, 1.54) is 0 Å². The van der Waals surface area contributed by atoms with Gasteiger partial charge >= 0.3 is 29.7 Å². The second-order valence-electron chi connectivity index (χ2n) is 5.79. The third-order valence-corrected chi connectivity index (χ3v) is 3.65. The number of halogens is 6. The van der Waals surface area contributed by atoms with Crippen LogP contribution in [0.2, 0.25) is 0 Å². The minimum absolute atomic E-state index is 0.205. The van der Waals surface area contributed by atoms with Gasteiger partial charge in [-0.25, -0.2) is 4.79 Å². The van der Waals surface area contributed by atoms with Gasteiger partial charge in [0.25, 0.3) is 0 Å². The summed E-state index contributed by atoms with van der Waals surface area (Å²) in [5.74, 6) is -19.7. The van der Waals surface area contributed by atoms with Gasteiger partial charge in [-0.3, -0.25) is 4.79 Å². The summed E-state index contributed by atoms with van der Waals surface area (Å²) in [6.45, 7) is 5.85. The van der Waals surface area contributed by atoms with Gasteiger partial charge < -0.3 is 9.47 Å². The van der Waals surface area contributed by atoms with Crippen LogP contribution >= 0.6 is 0 Å². The fraction of sp³-hybridized carbons (Fsp3) is 0.733. The maximum absolute atomic E-state index is 13.8. The van der Waals surface area contributed by atoms with Crippen LogP contribution in [0, 0.1) is 0 Å². The first-order valence-electron chi connectivity index (χ1n) is 7.50. The summed E-state index contributed by atoms with van der Waals surface area (Å²) in [4.78, 5) is 22.9. The zero-order valence-electron chi connectivity index (χ0n) is 13.6. The molecule has 1 aliphatic rings. The highest BCUT2D eigenvalue weighted by atomic mass is 19.3. The molecule has 4 nitrogen and oxygen atoms in total. The Morgan fingerprint density at radius 3 is 1.88 bits per heavy atom. The van der Waals surface area contributed by atoms with E-state index in [9.17, 15) is 35.9 Å². The SMILES string of the molecule is C=C(C)C(=O)O[C@H]1[C@@H](OC(=O)CCCCC)C(F)(F)C(F)(F)C1(F)F. The van der Waals surface area contributed by atoms with Crippen molar-refractivity contribution in [3.05, 3.63) is 12.2 Å². The summed E-state index contributed by atoms with van der Waals surface area (Å²) in [7, 11) is 0. The van der Waals surface area contributed by atoms with Gasteiger partial charge in [-0.1, -0.05) is 26.3 Å². The van der Waals surface area contributed by atoms with Crippen molar-refractivity contribution in [2.75, 3.05) is 0 Å². The van der Waals surface area contributed by atoms with Crippen LogP contribution in [0.5, 0.6) is 0 Å². The average Bonchev–Trinajstić information content (AvgIpc) is 2.57. The monoisotopic (exact) mass is 376 g/mol. The van der Waals surface area contributed by atoms with Gasteiger partial charge in [-0.15, -0.1) is 0 Å². The van der Waals surface area contributed by atoms with E-state index in [-0.39, 0.29) is 6.42 Å². The number of carbonyl (C=O) groups excluding carboxylic acids is 2. The molecule has 0 N–H and O–H groups in total. The van der Waals surface area contributed by atoms with Crippen molar-refractivity contribution < 1.29 is 45.4 Å². The summed E-state index contributed by atoms with van der Waals surface area (Å²) in [5, 5.41) is 0. The van der Waals surface area contributed by atoms with E-state index >= 15 is 0 Å². The van der Waals surface area contributed by atoms with Crippen molar-refractivity contribution in [1.82, 2.24) is 0 Å². The van der Waals surface area contributed by atoms with E-state index in [0.717, 1.165) is 6.92 Å². The number of rotatable bonds is 7. The van der Waals surface area contributed by atoms with E-state index in [0.29, 0.717) is 12.8 Å². The predicted octanol–water partition coefficient (Wildman–Crippen LogP) is 3.89. The quantitative estimate of drug-likeness (QED) is 0.293. The van der Waals surface area contributed by atoms with E-state index in [2.05, 4.69) is 16.1 Å². The third-order valence-electron chi connectivity index (χ3n) is 3.65. The Bertz CT molecular complexity index is 546. The van der Waals surface area contributed by atoms with E-state index in [1.54, 1.807) is 6.92 Å². The van der Waals surface area contributed by atoms with Crippen molar-refractivity contribution in [1.29, 1.82) is 0 Å². The van der Waals surface area contributed by atoms with Crippen molar-refractivity contribution in [3.8, 4) is 0 Å². The van der Waals surface area contributed by atoms with Gasteiger partial charge in [0.15, 0.2) is 0 Å². The maximum atomic E-state index is 13.8. The Labute approximate surface area is 140 Å². The highest BCUT2D eigenvalue weighted by Crippen LogP contribution is 2.58. The van der Waals surface area contributed by atoms with Crippen molar-refractivity contribution in [2.24, 2.45) is 0 Å². The van der Waals surface area contributed by atoms with Gasteiger partial charge in [0.05, 0.1) is 0 Å². The molecule has 0 amide bonds. The van der Waals surface area contributed by atoms with Gasteiger partial charge in [0, 0.05) is 12.0 Å². The molecule has 1 rings (SSSR count). The highest BCUT2D eigenvalue weighted by Gasteiger charge is 2.88. The Hall–Kier alpha value is -1.74. The van der Waals surface area contributed by atoms with E-state index in [4.69, 9.17) is 0 Å². The second kappa shape index (κ2) is 7.25. The molecule has 0 radical (unpaired) electrons. The molecule has 10 heteroatoms. The second-order valence-corrected chi connectivity index (χ2v) is 5.79. The summed E-state index contributed by atoms with van der Waals surface area (Å²) in [6.07, 6.45) is -5.67. The highest BCUT2D eigenvalue weighted by molar-refractivity contribution is 5.87. The van der Waals surface area contributed by atoms with E-state index in [1.807, 2.05) is 0 Å². The molecule has 1 aliphatic carbocycles. The molecule has 0 saturated heterocycles.